The Morgan fingerprint density at radius 2 is 2.00 bits per heavy atom. The van der Waals surface area contributed by atoms with Crippen molar-refractivity contribution in [3.05, 3.63) is 77.9 Å². The van der Waals surface area contributed by atoms with Gasteiger partial charge in [0.05, 0.1) is 11.8 Å². The lowest BCUT2D eigenvalue weighted by molar-refractivity contribution is 0.102. The van der Waals surface area contributed by atoms with E-state index >= 15 is 0 Å². The summed E-state index contributed by atoms with van der Waals surface area (Å²) in [7, 11) is 0. The molecule has 0 unspecified atom stereocenters. The zero-order chi connectivity index (χ0) is 17.6. The third-order valence-corrected chi connectivity index (χ3v) is 3.68. The zero-order valence-electron chi connectivity index (χ0n) is 13.8. The lowest BCUT2D eigenvalue weighted by atomic mass is 10.2. The van der Waals surface area contributed by atoms with Crippen molar-refractivity contribution in [2.24, 2.45) is 0 Å². The van der Waals surface area contributed by atoms with Crippen LogP contribution in [0.25, 0.3) is 0 Å². The number of aliphatic hydroxyl groups is 1. The molecule has 1 atom stereocenters. The summed E-state index contributed by atoms with van der Waals surface area (Å²) >= 11 is 0. The number of furan rings is 1. The molecule has 0 saturated carbocycles. The fourth-order valence-electron chi connectivity index (χ4n) is 2.26. The number of benzene rings is 1. The smallest absolute Gasteiger partial charge is 0.257 e. The van der Waals surface area contributed by atoms with Gasteiger partial charge in [-0.1, -0.05) is 17.7 Å². The molecule has 25 heavy (non-hydrogen) atoms. The Bertz CT molecular complexity index is 812. The van der Waals surface area contributed by atoms with E-state index in [0.717, 1.165) is 11.3 Å². The average molecular weight is 337 g/mol. The number of nitrogens with one attached hydrogen (secondary N) is 2. The highest BCUT2D eigenvalue weighted by Gasteiger charge is 2.11. The van der Waals surface area contributed by atoms with Crippen LogP contribution in [0.15, 0.2) is 65.4 Å². The van der Waals surface area contributed by atoms with E-state index in [0.29, 0.717) is 17.1 Å². The molecule has 1 aromatic carbocycles. The predicted molar refractivity (Wildman–Crippen MR) is 95.5 cm³/mol. The molecule has 0 fully saturated rings. The maximum absolute atomic E-state index is 12.2. The molecule has 2 heterocycles. The number of amides is 1. The molecular formula is C19H19N3O3. The number of rotatable bonds is 6. The van der Waals surface area contributed by atoms with E-state index in [1.165, 1.54) is 12.5 Å². The van der Waals surface area contributed by atoms with Gasteiger partial charge in [-0.25, -0.2) is 4.98 Å². The van der Waals surface area contributed by atoms with Crippen molar-refractivity contribution in [1.29, 1.82) is 0 Å². The molecule has 6 heteroatoms. The van der Waals surface area contributed by atoms with Gasteiger partial charge in [0.1, 0.15) is 17.7 Å². The van der Waals surface area contributed by atoms with Gasteiger partial charge in [0, 0.05) is 18.4 Å². The lowest BCUT2D eigenvalue weighted by Crippen LogP contribution is -2.14. The summed E-state index contributed by atoms with van der Waals surface area (Å²) < 4.78 is 5.13. The number of nitrogens with zero attached hydrogens (tertiary/aromatic N) is 1. The van der Waals surface area contributed by atoms with Crippen molar-refractivity contribution in [3.63, 3.8) is 0 Å². The van der Waals surface area contributed by atoms with Crippen LogP contribution in [-0.4, -0.2) is 22.5 Å². The minimum absolute atomic E-state index is 0.224. The summed E-state index contributed by atoms with van der Waals surface area (Å²) in [5, 5.41) is 15.8. The molecule has 0 aliphatic heterocycles. The van der Waals surface area contributed by atoms with Crippen LogP contribution in [0, 0.1) is 6.92 Å². The van der Waals surface area contributed by atoms with Gasteiger partial charge in [-0.15, -0.1) is 0 Å². The fraction of sp³-hybridized carbons (Fsp3) is 0.158. The molecule has 0 radical (unpaired) electrons. The van der Waals surface area contributed by atoms with Crippen molar-refractivity contribution in [2.75, 3.05) is 17.2 Å². The van der Waals surface area contributed by atoms with Crippen molar-refractivity contribution in [2.45, 2.75) is 13.0 Å². The van der Waals surface area contributed by atoms with Gasteiger partial charge in [0.15, 0.2) is 0 Å². The van der Waals surface area contributed by atoms with E-state index in [9.17, 15) is 9.90 Å². The first-order valence-electron chi connectivity index (χ1n) is 7.91. The van der Waals surface area contributed by atoms with Crippen LogP contribution in [0.4, 0.5) is 11.5 Å². The van der Waals surface area contributed by atoms with Gasteiger partial charge < -0.3 is 20.2 Å². The number of anilines is 2. The number of aromatic nitrogens is 1. The Morgan fingerprint density at radius 3 is 2.64 bits per heavy atom. The standard InChI is InChI=1S/C19H19N3O3/c1-13-4-7-15(8-5-13)22-19(24)14-6-9-18(20-11-14)21-12-16(23)17-3-2-10-25-17/h2-11,16,23H,12H2,1H3,(H,20,21)(H,22,24)/t16-/m1/s1. The summed E-state index contributed by atoms with van der Waals surface area (Å²) in [5.41, 5.74) is 2.32. The Hall–Kier alpha value is -3.12. The summed E-state index contributed by atoms with van der Waals surface area (Å²) in [4.78, 5) is 16.4. The van der Waals surface area contributed by atoms with E-state index in [-0.39, 0.29) is 12.5 Å². The molecule has 128 valence electrons. The molecule has 0 bridgehead atoms. The summed E-state index contributed by atoms with van der Waals surface area (Å²) in [5.74, 6) is 0.831. The van der Waals surface area contributed by atoms with Gasteiger partial charge >= 0.3 is 0 Å². The Kier molecular flexibility index (Phi) is 5.11. The van der Waals surface area contributed by atoms with Gasteiger partial charge in [-0.3, -0.25) is 4.79 Å². The second-order valence-electron chi connectivity index (χ2n) is 5.66. The molecule has 0 aliphatic rings. The molecule has 6 nitrogen and oxygen atoms in total. The Balaban J connectivity index is 1.56. The number of carbonyl (C=O) groups excluding carboxylic acids is 1. The van der Waals surface area contributed by atoms with Crippen molar-refractivity contribution in [3.8, 4) is 0 Å². The fourth-order valence-corrected chi connectivity index (χ4v) is 2.26. The van der Waals surface area contributed by atoms with Crippen LogP contribution < -0.4 is 10.6 Å². The first-order valence-corrected chi connectivity index (χ1v) is 7.91. The number of aliphatic hydroxyl groups excluding tert-OH is 1. The second-order valence-corrected chi connectivity index (χ2v) is 5.66. The predicted octanol–water partition coefficient (Wildman–Crippen LogP) is 3.38. The maximum atomic E-state index is 12.2. The maximum Gasteiger partial charge on any atom is 0.257 e. The number of carbonyl (C=O) groups is 1. The van der Waals surface area contributed by atoms with Crippen LogP contribution in [0.1, 0.15) is 27.8 Å². The topological polar surface area (TPSA) is 87.4 Å². The van der Waals surface area contributed by atoms with Crippen LogP contribution in [0.5, 0.6) is 0 Å². The highest BCUT2D eigenvalue weighted by Crippen LogP contribution is 2.15. The average Bonchev–Trinajstić information content (AvgIpc) is 3.17. The van der Waals surface area contributed by atoms with E-state index in [2.05, 4.69) is 15.6 Å². The highest BCUT2D eigenvalue weighted by atomic mass is 16.4. The molecular weight excluding hydrogens is 318 g/mol. The van der Waals surface area contributed by atoms with Crippen LogP contribution in [0.3, 0.4) is 0 Å². The third-order valence-electron chi connectivity index (χ3n) is 3.68. The van der Waals surface area contributed by atoms with E-state index in [4.69, 9.17) is 4.42 Å². The van der Waals surface area contributed by atoms with Gasteiger partial charge in [0.25, 0.3) is 5.91 Å². The molecule has 2 aromatic heterocycles. The summed E-state index contributed by atoms with van der Waals surface area (Å²) in [6.45, 7) is 2.25. The third kappa shape index (κ3) is 4.45. The summed E-state index contributed by atoms with van der Waals surface area (Å²) in [6, 6.07) is 14.4. The quantitative estimate of drug-likeness (QED) is 0.642. The Labute approximate surface area is 145 Å². The number of aryl methyl sites for hydroxylation is 1. The number of hydrogen-bond donors (Lipinski definition) is 3. The normalized spacial score (nSPS) is 11.8. The van der Waals surface area contributed by atoms with Gasteiger partial charge in [-0.05, 0) is 43.3 Å². The lowest BCUT2D eigenvalue weighted by Gasteiger charge is -2.10. The van der Waals surface area contributed by atoms with Gasteiger partial charge in [-0.2, -0.15) is 0 Å². The Morgan fingerprint density at radius 1 is 1.20 bits per heavy atom. The number of pyridine rings is 1. The second kappa shape index (κ2) is 7.63. The highest BCUT2D eigenvalue weighted by molar-refractivity contribution is 6.04. The van der Waals surface area contributed by atoms with Crippen LogP contribution >= 0.6 is 0 Å². The van der Waals surface area contributed by atoms with E-state index in [1.807, 2.05) is 31.2 Å². The van der Waals surface area contributed by atoms with E-state index in [1.54, 1.807) is 24.3 Å². The largest absolute Gasteiger partial charge is 0.467 e. The first kappa shape index (κ1) is 16.7. The number of hydrogen-bond acceptors (Lipinski definition) is 5. The van der Waals surface area contributed by atoms with Crippen LogP contribution in [-0.2, 0) is 0 Å². The summed E-state index contributed by atoms with van der Waals surface area (Å²) in [6.07, 6.45) is 2.24. The van der Waals surface area contributed by atoms with Crippen molar-refractivity contribution < 1.29 is 14.3 Å². The van der Waals surface area contributed by atoms with Crippen molar-refractivity contribution in [1.82, 2.24) is 4.98 Å². The first-order chi connectivity index (χ1) is 12.1. The molecule has 3 aromatic rings. The molecule has 3 rings (SSSR count). The van der Waals surface area contributed by atoms with E-state index < -0.39 is 6.10 Å². The SMILES string of the molecule is Cc1ccc(NC(=O)c2ccc(NC[C@@H](O)c3ccco3)nc2)cc1. The molecule has 1 amide bonds. The van der Waals surface area contributed by atoms with Gasteiger partial charge in [0.2, 0.25) is 0 Å². The molecule has 0 saturated heterocycles. The molecule has 0 aliphatic carbocycles. The zero-order valence-corrected chi connectivity index (χ0v) is 13.8. The monoisotopic (exact) mass is 337 g/mol. The minimum atomic E-state index is -0.763. The molecule has 0 spiro atoms. The minimum Gasteiger partial charge on any atom is -0.467 e. The van der Waals surface area contributed by atoms with Crippen molar-refractivity contribution >= 4 is 17.4 Å². The molecule has 3 N–H and O–H groups in total. The van der Waals surface area contributed by atoms with Crippen LogP contribution in [0.2, 0.25) is 0 Å².